The van der Waals surface area contributed by atoms with E-state index in [1.54, 1.807) is 0 Å². The number of amides is 1. The Labute approximate surface area is 139 Å². The van der Waals surface area contributed by atoms with Gasteiger partial charge in [0, 0.05) is 18.5 Å². The first-order chi connectivity index (χ1) is 10.5. The first kappa shape index (κ1) is 17.3. The number of halogens is 1. The van der Waals surface area contributed by atoms with Crippen LogP contribution >= 0.6 is 11.6 Å². The van der Waals surface area contributed by atoms with E-state index in [2.05, 4.69) is 19.2 Å². The molecule has 1 saturated heterocycles. The number of hydrogen-bond donors (Lipinski definition) is 1. The van der Waals surface area contributed by atoms with E-state index < -0.39 is 0 Å². The second-order valence-electron chi connectivity index (χ2n) is 6.50. The summed E-state index contributed by atoms with van der Waals surface area (Å²) in [5.74, 6) is 1.35. The Morgan fingerprint density at radius 3 is 2.45 bits per heavy atom. The smallest absolute Gasteiger partial charge is 0.223 e. The second kappa shape index (κ2) is 7.98. The van der Waals surface area contributed by atoms with Crippen LogP contribution < -0.4 is 5.32 Å². The molecule has 1 amide bonds. The van der Waals surface area contributed by atoms with Gasteiger partial charge in [-0.1, -0.05) is 30.7 Å². The molecule has 0 saturated carbocycles. The van der Waals surface area contributed by atoms with Gasteiger partial charge in [-0.2, -0.15) is 0 Å². The summed E-state index contributed by atoms with van der Waals surface area (Å²) in [5.41, 5.74) is 1.12. The fourth-order valence-electron chi connectivity index (χ4n) is 3.18. The molecule has 1 aromatic carbocycles. The van der Waals surface area contributed by atoms with E-state index >= 15 is 0 Å². The van der Waals surface area contributed by atoms with Gasteiger partial charge >= 0.3 is 0 Å². The molecule has 1 aliphatic rings. The van der Waals surface area contributed by atoms with E-state index in [1.165, 1.54) is 12.8 Å². The minimum Gasteiger partial charge on any atom is -0.339 e. The van der Waals surface area contributed by atoms with Crippen LogP contribution in [0.15, 0.2) is 24.3 Å². The van der Waals surface area contributed by atoms with Gasteiger partial charge in [-0.25, -0.2) is 0 Å². The molecule has 3 nitrogen and oxygen atoms in total. The third-order valence-corrected chi connectivity index (χ3v) is 5.26. The van der Waals surface area contributed by atoms with Gasteiger partial charge in [0.1, 0.15) is 0 Å². The first-order valence-electron chi connectivity index (χ1n) is 8.21. The van der Waals surface area contributed by atoms with Crippen LogP contribution in [0.1, 0.15) is 44.7 Å². The molecule has 22 heavy (non-hydrogen) atoms. The van der Waals surface area contributed by atoms with Gasteiger partial charge in [0.15, 0.2) is 0 Å². The highest BCUT2D eigenvalue weighted by atomic mass is 35.5. The lowest BCUT2D eigenvalue weighted by Gasteiger charge is -2.31. The van der Waals surface area contributed by atoms with E-state index in [0.29, 0.717) is 18.3 Å². The highest BCUT2D eigenvalue weighted by Gasteiger charge is 2.25. The topological polar surface area (TPSA) is 32.3 Å². The number of nitrogens with zero attached hydrogens (tertiary/aromatic N) is 1. The molecule has 0 bridgehead atoms. The van der Waals surface area contributed by atoms with Crippen LogP contribution in [0.3, 0.4) is 0 Å². The molecule has 1 aliphatic heterocycles. The average molecular weight is 323 g/mol. The molecule has 122 valence electrons. The molecule has 4 heteroatoms. The van der Waals surface area contributed by atoms with Gasteiger partial charge in [0.2, 0.25) is 5.91 Å². The van der Waals surface area contributed by atoms with E-state index in [4.69, 9.17) is 11.6 Å². The lowest BCUT2D eigenvalue weighted by molar-refractivity contribution is -0.133. The lowest BCUT2D eigenvalue weighted by atomic mass is 9.84. The summed E-state index contributed by atoms with van der Waals surface area (Å²) in [6.07, 6.45) is 3.01. The van der Waals surface area contributed by atoms with E-state index in [1.807, 2.05) is 36.2 Å². The second-order valence-corrected chi connectivity index (χ2v) is 6.94. The number of carbonyl (C=O) groups excluding carboxylic acids is 1. The van der Waals surface area contributed by atoms with E-state index in [9.17, 15) is 4.79 Å². The molecule has 0 aromatic heterocycles. The Bertz CT molecular complexity index is 482. The molecule has 0 spiro atoms. The summed E-state index contributed by atoms with van der Waals surface area (Å²) >= 11 is 5.93. The summed E-state index contributed by atoms with van der Waals surface area (Å²) < 4.78 is 0. The maximum absolute atomic E-state index is 12.6. The molecule has 2 unspecified atom stereocenters. The van der Waals surface area contributed by atoms with Gasteiger partial charge < -0.3 is 10.2 Å². The molecular formula is C18H27ClN2O. The van der Waals surface area contributed by atoms with Crippen molar-refractivity contribution < 1.29 is 4.79 Å². The van der Waals surface area contributed by atoms with Crippen LogP contribution in [0.2, 0.25) is 5.02 Å². The van der Waals surface area contributed by atoms with Crippen molar-refractivity contribution in [3.63, 3.8) is 0 Å². The molecule has 1 heterocycles. The van der Waals surface area contributed by atoms with Crippen LogP contribution in [-0.2, 0) is 4.79 Å². The minimum atomic E-state index is 0.0741. The molecule has 1 fully saturated rings. The van der Waals surface area contributed by atoms with Crippen molar-refractivity contribution >= 4 is 17.5 Å². The van der Waals surface area contributed by atoms with Crippen LogP contribution in [0.5, 0.6) is 0 Å². The third-order valence-electron chi connectivity index (χ3n) is 5.01. The van der Waals surface area contributed by atoms with Gasteiger partial charge in [-0.15, -0.1) is 0 Å². The maximum Gasteiger partial charge on any atom is 0.223 e. The number of benzene rings is 1. The largest absolute Gasteiger partial charge is 0.339 e. The molecule has 0 radical (unpaired) electrons. The highest BCUT2D eigenvalue weighted by molar-refractivity contribution is 6.30. The predicted molar refractivity (Wildman–Crippen MR) is 92.0 cm³/mol. The van der Waals surface area contributed by atoms with Crippen molar-refractivity contribution in [1.29, 1.82) is 0 Å². The fraction of sp³-hybridized carbons (Fsp3) is 0.611. The standard InChI is InChI=1S/C18H27ClN2O/c1-13(15-8-10-20-11-9-15)12-18(22)21(3)14(2)16-4-6-17(19)7-5-16/h4-7,13-15,20H,8-12H2,1-3H3. The molecule has 1 aromatic rings. The predicted octanol–water partition coefficient (Wildman–Crippen LogP) is 3.89. The fourth-order valence-corrected chi connectivity index (χ4v) is 3.31. The minimum absolute atomic E-state index is 0.0741. The van der Waals surface area contributed by atoms with Crippen molar-refractivity contribution in [3.05, 3.63) is 34.9 Å². The zero-order chi connectivity index (χ0) is 16.1. The molecule has 2 rings (SSSR count). The summed E-state index contributed by atoms with van der Waals surface area (Å²) in [5, 5.41) is 4.11. The van der Waals surface area contributed by atoms with Gasteiger partial charge in [-0.05, 0) is 62.4 Å². The molecule has 0 aliphatic carbocycles. The van der Waals surface area contributed by atoms with Crippen molar-refractivity contribution in [1.82, 2.24) is 10.2 Å². The zero-order valence-electron chi connectivity index (χ0n) is 13.8. The van der Waals surface area contributed by atoms with E-state index in [0.717, 1.165) is 23.7 Å². The normalized spacial score (nSPS) is 18.7. The summed E-state index contributed by atoms with van der Waals surface area (Å²) in [4.78, 5) is 14.4. The Balaban J connectivity index is 1.91. The molecular weight excluding hydrogens is 296 g/mol. The van der Waals surface area contributed by atoms with Crippen LogP contribution in [-0.4, -0.2) is 30.9 Å². The molecule has 1 N–H and O–H groups in total. The summed E-state index contributed by atoms with van der Waals surface area (Å²) in [7, 11) is 1.90. The Morgan fingerprint density at radius 1 is 1.27 bits per heavy atom. The third kappa shape index (κ3) is 4.47. The number of piperidine rings is 1. The number of hydrogen-bond acceptors (Lipinski definition) is 2. The van der Waals surface area contributed by atoms with E-state index in [-0.39, 0.29) is 11.9 Å². The highest BCUT2D eigenvalue weighted by Crippen LogP contribution is 2.27. The maximum atomic E-state index is 12.6. The van der Waals surface area contributed by atoms with Crippen molar-refractivity contribution in [2.24, 2.45) is 11.8 Å². The Kier molecular flexibility index (Phi) is 6.27. The first-order valence-corrected chi connectivity index (χ1v) is 8.58. The van der Waals surface area contributed by atoms with Crippen LogP contribution in [0.25, 0.3) is 0 Å². The van der Waals surface area contributed by atoms with Crippen LogP contribution in [0.4, 0.5) is 0 Å². The van der Waals surface area contributed by atoms with Crippen LogP contribution in [0, 0.1) is 11.8 Å². The SMILES string of the molecule is CC(CC(=O)N(C)C(C)c1ccc(Cl)cc1)C1CCNCC1. The van der Waals surface area contributed by atoms with Gasteiger partial charge in [0.05, 0.1) is 6.04 Å². The van der Waals surface area contributed by atoms with Gasteiger partial charge in [-0.3, -0.25) is 4.79 Å². The van der Waals surface area contributed by atoms with Crippen molar-refractivity contribution in [2.45, 2.75) is 39.2 Å². The number of rotatable bonds is 5. The quantitative estimate of drug-likeness (QED) is 0.892. The average Bonchev–Trinajstić information content (AvgIpc) is 2.55. The summed E-state index contributed by atoms with van der Waals surface area (Å²) in [6, 6.07) is 7.82. The van der Waals surface area contributed by atoms with Crippen molar-refractivity contribution in [3.8, 4) is 0 Å². The lowest BCUT2D eigenvalue weighted by Crippen LogP contribution is -2.35. The Hall–Kier alpha value is -1.06. The number of carbonyl (C=O) groups is 1. The molecule has 2 atom stereocenters. The number of nitrogens with one attached hydrogen (secondary N) is 1. The zero-order valence-corrected chi connectivity index (χ0v) is 14.6. The van der Waals surface area contributed by atoms with Gasteiger partial charge in [0.25, 0.3) is 0 Å². The monoisotopic (exact) mass is 322 g/mol. The Morgan fingerprint density at radius 2 is 1.86 bits per heavy atom. The van der Waals surface area contributed by atoms with Crippen molar-refractivity contribution in [2.75, 3.05) is 20.1 Å². The summed E-state index contributed by atoms with van der Waals surface area (Å²) in [6.45, 7) is 6.45.